The van der Waals surface area contributed by atoms with Crippen LogP contribution in [0.3, 0.4) is 0 Å². The van der Waals surface area contributed by atoms with Crippen molar-refractivity contribution in [1.82, 2.24) is 19.9 Å². The summed E-state index contributed by atoms with van der Waals surface area (Å²) >= 11 is 3.58. The Morgan fingerprint density at radius 3 is 2.75 bits per heavy atom. The van der Waals surface area contributed by atoms with Gasteiger partial charge in [0.2, 0.25) is 0 Å². The van der Waals surface area contributed by atoms with Crippen molar-refractivity contribution in [2.75, 3.05) is 13.1 Å². The molecule has 0 saturated carbocycles. The lowest BCUT2D eigenvalue weighted by molar-refractivity contribution is 0.157. The topological polar surface area (TPSA) is 61.9 Å². The van der Waals surface area contributed by atoms with Gasteiger partial charge in [0.25, 0.3) is 5.56 Å². The summed E-state index contributed by atoms with van der Waals surface area (Å²) in [6, 6.07) is 8.53. The Hall–Kier alpha value is -2.09. The summed E-state index contributed by atoms with van der Waals surface area (Å²) in [6.07, 6.45) is 5.46. The number of aromatic nitrogens is 3. The van der Waals surface area contributed by atoms with Crippen LogP contribution in [0.2, 0.25) is 0 Å². The van der Waals surface area contributed by atoms with Gasteiger partial charge < -0.3 is 4.98 Å². The Balaban J connectivity index is 1.21. The molecule has 0 spiro atoms. The van der Waals surface area contributed by atoms with Gasteiger partial charge in [-0.15, -0.1) is 22.7 Å². The largest absolute Gasteiger partial charge is 0.309 e. The van der Waals surface area contributed by atoms with E-state index in [0.29, 0.717) is 11.8 Å². The molecule has 4 heterocycles. The number of para-hydroxylation sites is 1. The van der Waals surface area contributed by atoms with Gasteiger partial charge in [0, 0.05) is 10.8 Å². The third kappa shape index (κ3) is 3.51. The lowest BCUT2D eigenvalue weighted by Gasteiger charge is -2.34. The van der Waals surface area contributed by atoms with Crippen LogP contribution < -0.4 is 5.56 Å². The maximum absolute atomic E-state index is 13.0. The summed E-state index contributed by atoms with van der Waals surface area (Å²) in [7, 11) is 0. The molecule has 1 fully saturated rings. The van der Waals surface area contributed by atoms with E-state index in [1.807, 2.05) is 11.3 Å². The van der Waals surface area contributed by atoms with Crippen molar-refractivity contribution in [1.29, 1.82) is 0 Å². The number of piperidine rings is 1. The molecule has 0 radical (unpaired) electrons. The molecule has 4 aromatic rings. The normalized spacial score (nSPS) is 21.2. The van der Waals surface area contributed by atoms with Gasteiger partial charge in [-0.05, 0) is 75.7 Å². The molecule has 0 amide bonds. The van der Waals surface area contributed by atoms with Crippen LogP contribution in [0.1, 0.15) is 66.3 Å². The number of nitrogens with one attached hydrogen (secondary N) is 1. The van der Waals surface area contributed by atoms with Crippen molar-refractivity contribution >= 4 is 43.1 Å². The highest BCUT2D eigenvalue weighted by Crippen LogP contribution is 2.38. The Labute approximate surface area is 195 Å². The van der Waals surface area contributed by atoms with Crippen LogP contribution in [0.15, 0.2) is 29.1 Å². The van der Waals surface area contributed by atoms with Gasteiger partial charge in [0.15, 0.2) is 0 Å². The van der Waals surface area contributed by atoms with Crippen molar-refractivity contribution in [3.63, 3.8) is 0 Å². The molecule has 2 atom stereocenters. The molecule has 166 valence electrons. The number of likely N-dealkylation sites (tertiary alicyclic amines) is 1. The van der Waals surface area contributed by atoms with Crippen LogP contribution >= 0.6 is 22.7 Å². The van der Waals surface area contributed by atoms with Crippen LogP contribution in [0.25, 0.3) is 20.4 Å². The van der Waals surface area contributed by atoms with Gasteiger partial charge in [-0.1, -0.05) is 19.1 Å². The lowest BCUT2D eigenvalue weighted by Crippen LogP contribution is -2.36. The zero-order valence-electron chi connectivity index (χ0n) is 18.6. The van der Waals surface area contributed by atoms with Gasteiger partial charge in [-0.2, -0.15) is 0 Å². The van der Waals surface area contributed by atoms with Gasteiger partial charge in [-0.3, -0.25) is 9.69 Å². The van der Waals surface area contributed by atoms with E-state index in [4.69, 9.17) is 9.97 Å². The van der Waals surface area contributed by atoms with E-state index in [1.165, 1.54) is 26.6 Å². The number of H-pyrrole nitrogens is 1. The smallest absolute Gasteiger partial charge is 0.259 e. The van der Waals surface area contributed by atoms with Crippen molar-refractivity contribution in [2.24, 2.45) is 5.92 Å². The van der Waals surface area contributed by atoms with E-state index in [-0.39, 0.29) is 11.6 Å². The minimum absolute atomic E-state index is 0.0493. The predicted molar refractivity (Wildman–Crippen MR) is 133 cm³/mol. The number of hydrogen-bond donors (Lipinski definition) is 1. The van der Waals surface area contributed by atoms with E-state index >= 15 is 0 Å². The number of hydrogen-bond acceptors (Lipinski definition) is 6. The number of rotatable bonds is 3. The fourth-order valence-corrected chi connectivity index (χ4v) is 7.86. The van der Waals surface area contributed by atoms with E-state index in [9.17, 15) is 4.79 Å². The Morgan fingerprint density at radius 2 is 1.94 bits per heavy atom. The first-order valence-electron chi connectivity index (χ1n) is 11.7. The number of aryl methyl sites for hydroxylation is 1. The summed E-state index contributed by atoms with van der Waals surface area (Å²) in [5, 5.41) is 2.12. The quantitative estimate of drug-likeness (QED) is 0.425. The molecule has 1 N–H and O–H groups in total. The van der Waals surface area contributed by atoms with E-state index in [2.05, 4.69) is 48.0 Å². The molecule has 1 saturated heterocycles. The maximum atomic E-state index is 13.0. The monoisotopic (exact) mass is 464 g/mol. The van der Waals surface area contributed by atoms with Gasteiger partial charge in [-0.25, -0.2) is 9.97 Å². The Bertz CT molecular complexity index is 1310. The number of benzene rings is 1. The molecule has 3 aromatic heterocycles. The summed E-state index contributed by atoms with van der Waals surface area (Å²) in [6.45, 7) is 6.48. The number of thiophene rings is 1. The van der Waals surface area contributed by atoms with E-state index in [0.717, 1.165) is 60.3 Å². The molecule has 1 aliphatic heterocycles. The lowest BCUT2D eigenvalue weighted by atomic mass is 9.89. The van der Waals surface area contributed by atoms with Crippen molar-refractivity contribution in [3.8, 4) is 0 Å². The first-order chi connectivity index (χ1) is 15.6. The van der Waals surface area contributed by atoms with Gasteiger partial charge >= 0.3 is 0 Å². The molecule has 2 aliphatic rings. The minimum Gasteiger partial charge on any atom is -0.309 e. The molecule has 32 heavy (non-hydrogen) atoms. The van der Waals surface area contributed by atoms with Gasteiger partial charge in [0.1, 0.15) is 10.7 Å². The molecular formula is C25H28N4OS2. The third-order valence-corrected chi connectivity index (χ3v) is 9.66. The molecule has 6 rings (SSSR count). The summed E-state index contributed by atoms with van der Waals surface area (Å²) in [5.74, 6) is 2.04. The highest BCUT2D eigenvalue weighted by atomic mass is 32.1. The van der Waals surface area contributed by atoms with E-state index < -0.39 is 0 Å². The highest BCUT2D eigenvalue weighted by molar-refractivity contribution is 7.19. The zero-order valence-corrected chi connectivity index (χ0v) is 20.2. The molecule has 0 bridgehead atoms. The van der Waals surface area contributed by atoms with Gasteiger partial charge in [0.05, 0.1) is 26.7 Å². The van der Waals surface area contributed by atoms with Crippen molar-refractivity contribution in [3.05, 3.63) is 55.9 Å². The second kappa shape index (κ2) is 8.04. The van der Waals surface area contributed by atoms with Crippen LogP contribution in [-0.2, 0) is 12.8 Å². The molecule has 7 heteroatoms. The van der Waals surface area contributed by atoms with E-state index in [1.54, 1.807) is 11.3 Å². The maximum Gasteiger partial charge on any atom is 0.259 e. The standard InChI is InChI=1S/C25H28N4OS2/c1-14-7-8-17-20(13-14)32-25-21(17)23(30)27-22(28-25)15(2)29-11-9-16(10-12-29)24-26-18-5-3-4-6-19(18)31-24/h3-6,14-16H,7-13H2,1-2H3,(H,27,28,30)/t14-,15-/m1/s1. The summed E-state index contributed by atoms with van der Waals surface area (Å²) < 4.78 is 1.28. The summed E-state index contributed by atoms with van der Waals surface area (Å²) in [4.78, 5) is 30.8. The third-order valence-electron chi connectivity index (χ3n) is 7.32. The Morgan fingerprint density at radius 1 is 1.12 bits per heavy atom. The first-order valence-corrected chi connectivity index (χ1v) is 13.3. The SMILES string of the molecule is C[C@@H]1CCc2c(sc3nc([C@@H](C)N4CCC(c5nc6ccccc6s5)CC4)[nH]c(=O)c23)C1. The average molecular weight is 465 g/mol. The van der Waals surface area contributed by atoms with Crippen LogP contribution in [0.4, 0.5) is 0 Å². The second-order valence-electron chi connectivity index (χ2n) is 9.49. The number of fused-ring (bicyclic) bond motifs is 4. The number of thiazole rings is 1. The molecule has 1 aromatic carbocycles. The summed E-state index contributed by atoms with van der Waals surface area (Å²) in [5.41, 5.74) is 2.42. The molecule has 0 unspecified atom stereocenters. The van der Waals surface area contributed by atoms with Crippen LogP contribution in [0, 0.1) is 5.92 Å². The Kier molecular flexibility index (Phi) is 5.16. The first kappa shape index (κ1) is 20.5. The minimum atomic E-state index is 0.0493. The van der Waals surface area contributed by atoms with Crippen molar-refractivity contribution in [2.45, 2.75) is 57.9 Å². The molecule has 5 nitrogen and oxygen atoms in total. The number of aromatic amines is 1. The fourth-order valence-electron chi connectivity index (χ4n) is 5.33. The van der Waals surface area contributed by atoms with Crippen LogP contribution in [0.5, 0.6) is 0 Å². The van der Waals surface area contributed by atoms with Crippen LogP contribution in [-0.4, -0.2) is 32.9 Å². The zero-order chi connectivity index (χ0) is 21.8. The highest BCUT2D eigenvalue weighted by Gasteiger charge is 2.29. The fraction of sp³-hybridized carbons (Fsp3) is 0.480. The molecular weight excluding hydrogens is 436 g/mol. The molecule has 1 aliphatic carbocycles. The predicted octanol–water partition coefficient (Wildman–Crippen LogP) is 5.66. The van der Waals surface area contributed by atoms with Crippen molar-refractivity contribution < 1.29 is 0 Å². The second-order valence-corrected chi connectivity index (χ2v) is 11.6. The number of nitrogens with zero attached hydrogens (tertiary/aromatic N) is 3. The average Bonchev–Trinajstić information content (AvgIpc) is 3.39.